The van der Waals surface area contributed by atoms with Crippen LogP contribution in [0.4, 0.5) is 11.4 Å². The number of nitrogens with one attached hydrogen (secondary N) is 1. The van der Waals surface area contributed by atoms with Gasteiger partial charge < -0.3 is 10.2 Å². The first-order valence-electron chi connectivity index (χ1n) is 8.12. The Kier molecular flexibility index (Phi) is 7.06. The predicted octanol–water partition coefficient (Wildman–Crippen LogP) is 2.73. The van der Waals surface area contributed by atoms with Gasteiger partial charge in [0.1, 0.15) is 5.69 Å². The molecule has 0 unspecified atom stereocenters. The lowest BCUT2D eigenvalue weighted by Gasteiger charge is -2.22. The van der Waals surface area contributed by atoms with Gasteiger partial charge in [-0.1, -0.05) is 18.2 Å². The maximum Gasteiger partial charge on any atom is 0.292 e. The first-order valence-corrected chi connectivity index (χ1v) is 8.12. The zero-order valence-corrected chi connectivity index (χ0v) is 14.2. The van der Waals surface area contributed by atoms with Gasteiger partial charge in [-0.15, -0.1) is 0 Å². The Morgan fingerprint density at radius 2 is 2.12 bits per heavy atom. The van der Waals surface area contributed by atoms with E-state index in [1.54, 1.807) is 41.6 Å². The molecule has 0 spiro atoms. The number of amides is 1. The fourth-order valence-electron chi connectivity index (χ4n) is 2.43. The molecule has 1 amide bonds. The monoisotopic (exact) mass is 353 g/mol. The molecule has 2 aromatic rings. The minimum atomic E-state index is -0.466. The van der Waals surface area contributed by atoms with Gasteiger partial charge in [-0.25, -0.2) is 0 Å². The van der Waals surface area contributed by atoms with Crippen LogP contribution in [0, 0.1) is 21.4 Å². The Morgan fingerprint density at radius 3 is 2.81 bits per heavy atom. The summed E-state index contributed by atoms with van der Waals surface area (Å²) in [6.45, 7) is 0.968. The molecule has 0 saturated heterocycles. The number of aromatic nitrogens is 1. The number of benzene rings is 1. The van der Waals surface area contributed by atoms with Crippen molar-refractivity contribution >= 4 is 17.3 Å². The molecule has 2 rings (SSSR count). The van der Waals surface area contributed by atoms with E-state index in [0.29, 0.717) is 18.8 Å². The molecule has 1 aromatic carbocycles. The largest absolute Gasteiger partial charge is 0.379 e. The van der Waals surface area contributed by atoms with Gasteiger partial charge in [0.2, 0.25) is 5.91 Å². The summed E-state index contributed by atoms with van der Waals surface area (Å²) in [4.78, 5) is 28.6. The van der Waals surface area contributed by atoms with Crippen LogP contribution in [0.1, 0.15) is 18.4 Å². The summed E-state index contributed by atoms with van der Waals surface area (Å²) in [6, 6.07) is 12.0. The highest BCUT2D eigenvalue weighted by Gasteiger charge is 2.15. The highest BCUT2D eigenvalue weighted by atomic mass is 16.6. The quantitative estimate of drug-likeness (QED) is 0.548. The topological polar surface area (TPSA) is 112 Å². The van der Waals surface area contributed by atoms with Crippen molar-refractivity contribution in [1.82, 2.24) is 9.88 Å². The van der Waals surface area contributed by atoms with Crippen LogP contribution in [-0.4, -0.2) is 33.8 Å². The molecule has 1 heterocycles. The maximum atomic E-state index is 12.5. The average Bonchev–Trinajstić information content (AvgIpc) is 2.66. The minimum Gasteiger partial charge on any atom is -0.379 e. The van der Waals surface area contributed by atoms with E-state index in [1.807, 2.05) is 12.1 Å². The number of carbonyl (C=O) groups is 1. The summed E-state index contributed by atoms with van der Waals surface area (Å²) in [5.41, 5.74) is 1.23. The van der Waals surface area contributed by atoms with Crippen LogP contribution in [0.25, 0.3) is 0 Å². The van der Waals surface area contributed by atoms with Crippen molar-refractivity contribution in [2.45, 2.75) is 19.4 Å². The number of nitro benzene ring substituents is 1. The van der Waals surface area contributed by atoms with Crippen molar-refractivity contribution in [3.05, 3.63) is 64.5 Å². The molecule has 0 aliphatic heterocycles. The first-order chi connectivity index (χ1) is 12.6. The summed E-state index contributed by atoms with van der Waals surface area (Å²) in [5.74, 6) is -0.129. The molecule has 0 radical (unpaired) electrons. The summed E-state index contributed by atoms with van der Waals surface area (Å²) in [5, 5.41) is 22.7. The molecule has 26 heavy (non-hydrogen) atoms. The number of nitriles is 1. The Labute approximate surface area is 151 Å². The van der Waals surface area contributed by atoms with Crippen molar-refractivity contribution < 1.29 is 9.72 Å². The zero-order chi connectivity index (χ0) is 18.8. The fourth-order valence-corrected chi connectivity index (χ4v) is 2.43. The number of nitro groups is 1. The van der Waals surface area contributed by atoms with Crippen molar-refractivity contribution in [1.29, 1.82) is 5.26 Å². The molecule has 0 saturated carbocycles. The van der Waals surface area contributed by atoms with Gasteiger partial charge in [0.05, 0.1) is 17.4 Å². The van der Waals surface area contributed by atoms with Gasteiger partial charge in [0.15, 0.2) is 0 Å². The Morgan fingerprint density at radius 1 is 1.31 bits per heavy atom. The van der Waals surface area contributed by atoms with E-state index < -0.39 is 4.92 Å². The van der Waals surface area contributed by atoms with Gasteiger partial charge in [-0.3, -0.25) is 19.9 Å². The van der Waals surface area contributed by atoms with Crippen LogP contribution < -0.4 is 5.32 Å². The number of rotatable bonds is 9. The van der Waals surface area contributed by atoms with E-state index in [4.69, 9.17) is 5.26 Å². The van der Waals surface area contributed by atoms with Crippen LogP contribution >= 0.6 is 0 Å². The third-order valence-electron chi connectivity index (χ3n) is 3.70. The Balaban J connectivity index is 1.94. The molecule has 1 N–H and O–H groups in total. The van der Waals surface area contributed by atoms with Crippen LogP contribution in [0.5, 0.6) is 0 Å². The molecule has 0 aliphatic carbocycles. The first kappa shape index (κ1) is 18.9. The highest BCUT2D eigenvalue weighted by Crippen LogP contribution is 2.23. The molecular weight excluding hydrogens is 334 g/mol. The molecular formula is C18H19N5O3. The van der Waals surface area contributed by atoms with Crippen LogP contribution in [0.3, 0.4) is 0 Å². The van der Waals surface area contributed by atoms with E-state index in [1.165, 1.54) is 6.07 Å². The third-order valence-corrected chi connectivity index (χ3v) is 3.70. The maximum absolute atomic E-state index is 12.5. The number of anilines is 1. The lowest BCUT2D eigenvalue weighted by molar-refractivity contribution is -0.384. The number of hydrogen-bond acceptors (Lipinski definition) is 6. The number of para-hydroxylation sites is 2. The third kappa shape index (κ3) is 5.56. The van der Waals surface area contributed by atoms with Crippen molar-refractivity contribution in [3.8, 4) is 6.07 Å². The smallest absolute Gasteiger partial charge is 0.292 e. The SMILES string of the molecule is N#CCCN(Cc1cccnc1)C(=O)CCNc1ccccc1[N+](=O)[O-]. The van der Waals surface area contributed by atoms with E-state index in [-0.39, 0.29) is 31.0 Å². The summed E-state index contributed by atoms with van der Waals surface area (Å²) in [6.07, 6.45) is 3.74. The van der Waals surface area contributed by atoms with Crippen LogP contribution in [0.2, 0.25) is 0 Å². The fraction of sp³-hybridized carbons (Fsp3) is 0.278. The van der Waals surface area contributed by atoms with Gasteiger partial charge in [-0.2, -0.15) is 5.26 Å². The van der Waals surface area contributed by atoms with Gasteiger partial charge >= 0.3 is 0 Å². The summed E-state index contributed by atoms with van der Waals surface area (Å²) >= 11 is 0. The molecule has 0 aliphatic rings. The van der Waals surface area contributed by atoms with Gasteiger partial charge in [0, 0.05) is 44.5 Å². The average molecular weight is 353 g/mol. The standard InChI is InChI=1S/C18H19N5O3/c19-9-4-12-22(14-15-5-3-10-20-13-15)18(24)8-11-21-16-6-1-2-7-17(16)23(25)26/h1-3,5-7,10,13,21H,4,8,11-12,14H2. The number of pyridine rings is 1. The number of carbonyl (C=O) groups excluding carboxylic acids is 1. The second kappa shape index (κ2) is 9.74. The molecule has 134 valence electrons. The molecule has 0 fully saturated rings. The van der Waals surface area contributed by atoms with Gasteiger partial charge in [-0.05, 0) is 17.7 Å². The lowest BCUT2D eigenvalue weighted by Crippen LogP contribution is -2.32. The second-order valence-electron chi connectivity index (χ2n) is 5.54. The normalized spacial score (nSPS) is 9.96. The summed E-state index contributed by atoms with van der Waals surface area (Å²) in [7, 11) is 0. The van der Waals surface area contributed by atoms with Crippen molar-refractivity contribution in [3.63, 3.8) is 0 Å². The molecule has 0 atom stereocenters. The molecule has 0 bridgehead atoms. The van der Waals surface area contributed by atoms with E-state index in [2.05, 4.69) is 10.3 Å². The lowest BCUT2D eigenvalue weighted by atomic mass is 10.2. The highest BCUT2D eigenvalue weighted by molar-refractivity contribution is 5.77. The van der Waals surface area contributed by atoms with Gasteiger partial charge in [0.25, 0.3) is 5.69 Å². The minimum absolute atomic E-state index is 0.0309. The number of nitrogens with zero attached hydrogens (tertiary/aromatic N) is 4. The predicted molar refractivity (Wildman–Crippen MR) is 96.1 cm³/mol. The van der Waals surface area contributed by atoms with Crippen LogP contribution in [0.15, 0.2) is 48.8 Å². The van der Waals surface area contributed by atoms with E-state index in [0.717, 1.165) is 5.56 Å². The number of hydrogen-bond donors (Lipinski definition) is 1. The Bertz CT molecular complexity index is 789. The zero-order valence-electron chi connectivity index (χ0n) is 14.2. The van der Waals surface area contributed by atoms with Crippen LogP contribution in [-0.2, 0) is 11.3 Å². The molecule has 8 heteroatoms. The summed E-state index contributed by atoms with van der Waals surface area (Å²) < 4.78 is 0. The van der Waals surface area contributed by atoms with E-state index >= 15 is 0 Å². The van der Waals surface area contributed by atoms with E-state index in [9.17, 15) is 14.9 Å². The molecule has 8 nitrogen and oxygen atoms in total. The Hall–Kier alpha value is -3.47. The molecule has 1 aromatic heterocycles. The second-order valence-corrected chi connectivity index (χ2v) is 5.54. The van der Waals surface area contributed by atoms with Crippen molar-refractivity contribution in [2.75, 3.05) is 18.4 Å². The van der Waals surface area contributed by atoms with Crippen molar-refractivity contribution in [2.24, 2.45) is 0 Å².